The lowest BCUT2D eigenvalue weighted by molar-refractivity contribution is 0.0915. The SMILES string of the molecule is Cc1cc(C(=O)COc2c(F)cccc2F)c(C)n1C. The minimum Gasteiger partial charge on any atom is -0.479 e. The van der Waals surface area contributed by atoms with Gasteiger partial charge in [0.25, 0.3) is 0 Å². The topological polar surface area (TPSA) is 31.2 Å². The molecule has 0 aliphatic rings. The van der Waals surface area contributed by atoms with Gasteiger partial charge in [-0.05, 0) is 32.0 Å². The van der Waals surface area contributed by atoms with Gasteiger partial charge in [-0.25, -0.2) is 8.78 Å². The van der Waals surface area contributed by atoms with Gasteiger partial charge in [0, 0.05) is 24.0 Å². The first-order valence-corrected chi connectivity index (χ1v) is 6.14. The number of para-hydroxylation sites is 1. The van der Waals surface area contributed by atoms with Crippen molar-refractivity contribution in [2.75, 3.05) is 6.61 Å². The van der Waals surface area contributed by atoms with Crippen LogP contribution >= 0.6 is 0 Å². The van der Waals surface area contributed by atoms with Crippen LogP contribution in [0.2, 0.25) is 0 Å². The van der Waals surface area contributed by atoms with Gasteiger partial charge in [0.15, 0.2) is 24.0 Å². The summed E-state index contributed by atoms with van der Waals surface area (Å²) in [6.07, 6.45) is 0. The number of nitrogens with zero attached hydrogens (tertiary/aromatic N) is 1. The number of aryl methyl sites for hydroxylation is 1. The monoisotopic (exact) mass is 279 g/mol. The number of rotatable bonds is 4. The molecule has 1 aromatic heterocycles. The molecule has 0 saturated carbocycles. The van der Waals surface area contributed by atoms with Crippen molar-refractivity contribution in [3.8, 4) is 5.75 Å². The summed E-state index contributed by atoms with van der Waals surface area (Å²) in [5.41, 5.74) is 2.23. The summed E-state index contributed by atoms with van der Waals surface area (Å²) < 4.78 is 33.6. The average molecular weight is 279 g/mol. The van der Waals surface area contributed by atoms with Crippen LogP contribution in [0.15, 0.2) is 24.3 Å². The predicted octanol–water partition coefficient (Wildman–Crippen LogP) is 3.18. The highest BCUT2D eigenvalue weighted by molar-refractivity contribution is 5.98. The number of ether oxygens (including phenoxy) is 1. The molecule has 0 unspecified atom stereocenters. The molecule has 3 nitrogen and oxygen atoms in total. The molecule has 2 rings (SSSR count). The third-order valence-corrected chi connectivity index (χ3v) is 3.34. The van der Waals surface area contributed by atoms with Crippen molar-refractivity contribution in [2.24, 2.45) is 7.05 Å². The number of halogens is 2. The summed E-state index contributed by atoms with van der Waals surface area (Å²) in [6, 6.07) is 5.14. The first kappa shape index (κ1) is 14.2. The lowest BCUT2D eigenvalue weighted by Crippen LogP contribution is -2.13. The molecule has 0 spiro atoms. The van der Waals surface area contributed by atoms with Gasteiger partial charge in [-0.1, -0.05) is 6.07 Å². The molecule has 1 heterocycles. The van der Waals surface area contributed by atoms with Crippen LogP contribution in [-0.2, 0) is 7.05 Å². The number of Topliss-reactive ketones (excluding diaryl/α,β-unsaturated/α-hetero) is 1. The highest BCUT2D eigenvalue weighted by Crippen LogP contribution is 2.21. The van der Waals surface area contributed by atoms with E-state index >= 15 is 0 Å². The molecule has 0 fully saturated rings. The maximum absolute atomic E-state index is 13.4. The van der Waals surface area contributed by atoms with Crippen molar-refractivity contribution in [3.63, 3.8) is 0 Å². The third-order valence-electron chi connectivity index (χ3n) is 3.34. The van der Waals surface area contributed by atoms with Crippen LogP contribution in [0, 0.1) is 25.5 Å². The lowest BCUT2D eigenvalue weighted by atomic mass is 10.1. The van der Waals surface area contributed by atoms with Gasteiger partial charge in [0.05, 0.1) is 0 Å². The molecule has 0 bridgehead atoms. The van der Waals surface area contributed by atoms with Crippen LogP contribution in [-0.4, -0.2) is 17.0 Å². The van der Waals surface area contributed by atoms with E-state index in [1.54, 1.807) is 6.07 Å². The Hall–Kier alpha value is -2.17. The Labute approximate surface area is 115 Å². The molecule has 1 aromatic carbocycles. The summed E-state index contributed by atoms with van der Waals surface area (Å²) in [5.74, 6) is -2.47. The molecule has 0 amide bonds. The second-order valence-corrected chi connectivity index (χ2v) is 4.61. The normalized spacial score (nSPS) is 10.7. The van der Waals surface area contributed by atoms with Crippen LogP contribution in [0.3, 0.4) is 0 Å². The van der Waals surface area contributed by atoms with E-state index in [9.17, 15) is 13.6 Å². The third kappa shape index (κ3) is 2.57. The molecule has 0 N–H and O–H groups in total. The van der Waals surface area contributed by atoms with Crippen molar-refractivity contribution in [1.29, 1.82) is 0 Å². The molecule has 106 valence electrons. The highest BCUT2D eigenvalue weighted by Gasteiger charge is 2.17. The Bertz CT molecular complexity index is 642. The van der Waals surface area contributed by atoms with E-state index in [-0.39, 0.29) is 5.78 Å². The van der Waals surface area contributed by atoms with Crippen LogP contribution < -0.4 is 4.74 Å². The Morgan fingerprint density at radius 1 is 1.25 bits per heavy atom. The quantitative estimate of drug-likeness (QED) is 0.805. The zero-order chi connectivity index (χ0) is 14.9. The largest absolute Gasteiger partial charge is 0.479 e. The van der Waals surface area contributed by atoms with Crippen molar-refractivity contribution in [2.45, 2.75) is 13.8 Å². The summed E-state index contributed by atoms with van der Waals surface area (Å²) in [6.45, 7) is 3.28. The molecule has 0 saturated heterocycles. The van der Waals surface area contributed by atoms with Gasteiger partial charge in [-0.3, -0.25) is 4.79 Å². The van der Waals surface area contributed by atoms with E-state index < -0.39 is 24.0 Å². The maximum Gasteiger partial charge on any atom is 0.202 e. The molecule has 2 aromatic rings. The van der Waals surface area contributed by atoms with E-state index in [0.717, 1.165) is 23.5 Å². The molecule has 5 heteroatoms. The molecule has 0 aliphatic carbocycles. The van der Waals surface area contributed by atoms with Crippen molar-refractivity contribution < 1.29 is 18.3 Å². The van der Waals surface area contributed by atoms with Crippen LogP contribution in [0.25, 0.3) is 0 Å². The van der Waals surface area contributed by atoms with E-state index in [0.29, 0.717) is 5.56 Å². The zero-order valence-electron chi connectivity index (χ0n) is 11.5. The number of ketones is 1. The standard InChI is InChI=1S/C15H15F2NO2/c1-9-7-11(10(2)18(9)3)14(19)8-20-15-12(16)5-4-6-13(15)17/h4-7H,8H2,1-3H3. The summed E-state index contributed by atoms with van der Waals surface area (Å²) >= 11 is 0. The van der Waals surface area contributed by atoms with Crippen LogP contribution in [0.5, 0.6) is 5.75 Å². The van der Waals surface area contributed by atoms with E-state index in [1.807, 2.05) is 25.5 Å². The molecule has 0 radical (unpaired) electrons. The smallest absolute Gasteiger partial charge is 0.202 e. The van der Waals surface area contributed by atoms with E-state index in [1.165, 1.54) is 6.07 Å². The fraction of sp³-hybridized carbons (Fsp3) is 0.267. The molecule has 0 atom stereocenters. The fourth-order valence-corrected chi connectivity index (χ4v) is 1.97. The predicted molar refractivity (Wildman–Crippen MR) is 71.1 cm³/mol. The Kier molecular flexibility index (Phi) is 3.88. The Morgan fingerprint density at radius 2 is 1.85 bits per heavy atom. The zero-order valence-corrected chi connectivity index (χ0v) is 11.5. The van der Waals surface area contributed by atoms with Gasteiger partial charge in [0.1, 0.15) is 0 Å². The Balaban J connectivity index is 2.15. The summed E-state index contributed by atoms with van der Waals surface area (Å²) in [4.78, 5) is 12.0. The first-order valence-electron chi connectivity index (χ1n) is 6.14. The van der Waals surface area contributed by atoms with Crippen molar-refractivity contribution >= 4 is 5.78 Å². The number of benzene rings is 1. The molecule has 0 aliphatic heterocycles. The second kappa shape index (κ2) is 5.45. The minimum absolute atomic E-state index is 0.311. The van der Waals surface area contributed by atoms with Crippen molar-refractivity contribution in [3.05, 3.63) is 52.9 Å². The molecular weight excluding hydrogens is 264 g/mol. The van der Waals surface area contributed by atoms with Crippen LogP contribution in [0.1, 0.15) is 21.7 Å². The fourth-order valence-electron chi connectivity index (χ4n) is 1.97. The highest BCUT2D eigenvalue weighted by atomic mass is 19.1. The lowest BCUT2D eigenvalue weighted by Gasteiger charge is -2.07. The molecular formula is C15H15F2NO2. The van der Waals surface area contributed by atoms with E-state index in [4.69, 9.17) is 4.74 Å². The number of carbonyl (C=O) groups is 1. The minimum atomic E-state index is -0.821. The van der Waals surface area contributed by atoms with Crippen molar-refractivity contribution in [1.82, 2.24) is 4.57 Å². The van der Waals surface area contributed by atoms with Gasteiger partial charge < -0.3 is 9.30 Å². The van der Waals surface area contributed by atoms with Gasteiger partial charge >= 0.3 is 0 Å². The number of aromatic nitrogens is 1. The summed E-state index contributed by atoms with van der Waals surface area (Å²) in [5, 5.41) is 0. The van der Waals surface area contributed by atoms with E-state index in [2.05, 4.69) is 0 Å². The van der Waals surface area contributed by atoms with Gasteiger partial charge in [0.2, 0.25) is 5.78 Å². The average Bonchev–Trinajstić information content (AvgIpc) is 2.66. The van der Waals surface area contributed by atoms with Crippen LogP contribution in [0.4, 0.5) is 8.78 Å². The summed E-state index contributed by atoms with van der Waals surface area (Å²) in [7, 11) is 1.85. The first-order chi connectivity index (χ1) is 9.41. The van der Waals surface area contributed by atoms with Gasteiger partial charge in [-0.2, -0.15) is 0 Å². The van der Waals surface area contributed by atoms with Gasteiger partial charge in [-0.15, -0.1) is 0 Å². The Morgan fingerprint density at radius 3 is 2.35 bits per heavy atom. The molecule has 20 heavy (non-hydrogen) atoms. The number of carbonyl (C=O) groups excluding carboxylic acids is 1. The number of hydrogen-bond donors (Lipinski definition) is 0. The number of hydrogen-bond acceptors (Lipinski definition) is 2. The second-order valence-electron chi connectivity index (χ2n) is 4.61. The maximum atomic E-state index is 13.4.